The molecule has 1 saturated carbocycles. The monoisotopic (exact) mass is 596 g/mol. The molecule has 4 amide bonds. The van der Waals surface area contributed by atoms with Gasteiger partial charge in [-0.15, -0.1) is 11.8 Å². The van der Waals surface area contributed by atoms with Crippen LogP contribution in [0.15, 0.2) is 42.5 Å². The fourth-order valence-electron chi connectivity index (χ4n) is 6.95. The number of fused-ring (bicyclic) bond motifs is 1. The molecule has 6 rings (SSSR count). The molecule has 0 bridgehead atoms. The van der Waals surface area contributed by atoms with Crippen molar-refractivity contribution in [1.29, 1.82) is 0 Å². The van der Waals surface area contributed by atoms with Gasteiger partial charge in [0.15, 0.2) is 0 Å². The zero-order valence-electron chi connectivity index (χ0n) is 23.8. The Balaban J connectivity index is 1.08. The van der Waals surface area contributed by atoms with Crippen LogP contribution in [0.25, 0.3) is 0 Å². The van der Waals surface area contributed by atoms with Crippen molar-refractivity contribution in [2.75, 3.05) is 31.5 Å². The minimum absolute atomic E-state index is 0.0441. The van der Waals surface area contributed by atoms with E-state index >= 15 is 0 Å². The Bertz CT molecular complexity index is 1330. The van der Waals surface area contributed by atoms with E-state index in [0.29, 0.717) is 50.5 Å². The van der Waals surface area contributed by atoms with Crippen molar-refractivity contribution in [1.82, 2.24) is 14.7 Å². The number of halogens is 2. The van der Waals surface area contributed by atoms with Crippen LogP contribution in [0.1, 0.15) is 67.9 Å². The highest BCUT2D eigenvalue weighted by atomic mass is 32.2. The first kappa shape index (κ1) is 29.0. The molecule has 2 atom stereocenters. The van der Waals surface area contributed by atoms with Crippen molar-refractivity contribution in [3.8, 4) is 0 Å². The molecule has 2 saturated heterocycles. The summed E-state index contributed by atoms with van der Waals surface area (Å²) in [4.78, 5) is 45.5. The lowest BCUT2D eigenvalue weighted by atomic mass is 9.88. The van der Waals surface area contributed by atoms with Crippen molar-refractivity contribution < 1.29 is 23.2 Å². The van der Waals surface area contributed by atoms with E-state index in [2.05, 4.69) is 5.32 Å². The van der Waals surface area contributed by atoms with Gasteiger partial charge in [-0.3, -0.25) is 9.59 Å². The number of rotatable bonds is 6. The zero-order valence-corrected chi connectivity index (χ0v) is 24.6. The van der Waals surface area contributed by atoms with Crippen LogP contribution in [0.4, 0.5) is 19.3 Å². The molecular formula is C32H38F2N4O3S. The molecule has 0 spiro atoms. The summed E-state index contributed by atoms with van der Waals surface area (Å²) in [6.45, 7) is 2.21. The molecule has 0 radical (unpaired) electrons. The number of anilines is 1. The molecule has 2 aromatic carbocycles. The Hall–Kier alpha value is -3.14. The van der Waals surface area contributed by atoms with Gasteiger partial charge in [0, 0.05) is 56.0 Å². The quantitative estimate of drug-likeness (QED) is 0.447. The van der Waals surface area contributed by atoms with Gasteiger partial charge < -0.3 is 20.0 Å². The second-order valence-electron chi connectivity index (χ2n) is 12.0. The van der Waals surface area contributed by atoms with Gasteiger partial charge in [-0.25, -0.2) is 13.6 Å². The first-order valence-corrected chi connectivity index (χ1v) is 16.2. The Kier molecular flexibility index (Phi) is 8.70. The highest BCUT2D eigenvalue weighted by Gasteiger charge is 2.44. The molecule has 1 aliphatic carbocycles. The van der Waals surface area contributed by atoms with Crippen LogP contribution in [0.3, 0.4) is 0 Å². The Morgan fingerprint density at radius 1 is 0.952 bits per heavy atom. The number of hydrogen-bond acceptors (Lipinski definition) is 4. The topological polar surface area (TPSA) is 73.0 Å². The molecule has 1 N–H and O–H groups in total. The summed E-state index contributed by atoms with van der Waals surface area (Å²) in [5, 5.41) is 1.85. The number of hydrogen-bond donors (Lipinski definition) is 1. The molecule has 42 heavy (non-hydrogen) atoms. The van der Waals surface area contributed by atoms with Crippen molar-refractivity contribution in [3.05, 3.63) is 65.2 Å². The highest BCUT2D eigenvalue weighted by Crippen LogP contribution is 2.46. The number of piperidine rings is 1. The maximum atomic E-state index is 14.9. The first-order chi connectivity index (χ1) is 20.4. The molecule has 3 aliphatic heterocycles. The number of urea groups is 1. The maximum Gasteiger partial charge on any atom is 0.322 e. The third-order valence-electron chi connectivity index (χ3n) is 9.30. The number of thioether (sulfide) groups is 1. The molecule has 3 heterocycles. The fourth-order valence-corrected chi connectivity index (χ4v) is 8.43. The van der Waals surface area contributed by atoms with Crippen LogP contribution in [-0.4, -0.2) is 70.0 Å². The average molecular weight is 597 g/mol. The molecule has 2 aromatic rings. The van der Waals surface area contributed by atoms with Gasteiger partial charge in [-0.2, -0.15) is 0 Å². The minimum Gasteiger partial charge on any atom is -0.342 e. The number of carbonyl (C=O) groups is 3. The van der Waals surface area contributed by atoms with Gasteiger partial charge >= 0.3 is 6.03 Å². The minimum atomic E-state index is -0.663. The van der Waals surface area contributed by atoms with E-state index in [9.17, 15) is 23.2 Å². The van der Waals surface area contributed by atoms with Crippen LogP contribution < -0.4 is 5.32 Å². The van der Waals surface area contributed by atoms with E-state index in [1.165, 1.54) is 30.3 Å². The van der Waals surface area contributed by atoms with Gasteiger partial charge in [-0.1, -0.05) is 43.5 Å². The Labute approximate surface area is 250 Å². The van der Waals surface area contributed by atoms with Crippen molar-refractivity contribution in [2.45, 2.75) is 74.5 Å². The van der Waals surface area contributed by atoms with Gasteiger partial charge in [0.05, 0.1) is 5.25 Å². The van der Waals surface area contributed by atoms with E-state index in [1.807, 2.05) is 29.2 Å². The fraction of sp³-hybridized carbons (Fsp3) is 0.531. The van der Waals surface area contributed by atoms with Gasteiger partial charge in [0.2, 0.25) is 11.8 Å². The number of carbonyl (C=O) groups excluding carboxylic acids is 3. The summed E-state index contributed by atoms with van der Waals surface area (Å²) >= 11 is 1.31. The zero-order chi connectivity index (χ0) is 29.2. The second-order valence-corrected chi connectivity index (χ2v) is 13.3. The predicted octanol–water partition coefficient (Wildman–Crippen LogP) is 5.96. The van der Waals surface area contributed by atoms with E-state index in [-0.39, 0.29) is 30.3 Å². The number of amides is 4. The summed E-state index contributed by atoms with van der Waals surface area (Å²) in [5.74, 6) is -1.19. The summed E-state index contributed by atoms with van der Waals surface area (Å²) in [6.07, 6.45) is 7.70. The van der Waals surface area contributed by atoms with E-state index in [0.717, 1.165) is 49.4 Å². The molecule has 7 nitrogen and oxygen atoms in total. The SMILES string of the molecule is O=C(CC1SC(c2ccc(F)cc2F)N(CC2CCCCC2)C1=O)N1CCC(N2CCc3ccccc3NC2=O)CC1. The maximum absolute atomic E-state index is 14.9. The first-order valence-electron chi connectivity index (χ1n) is 15.2. The number of benzene rings is 2. The molecule has 0 aromatic heterocycles. The molecular weight excluding hydrogens is 558 g/mol. The largest absolute Gasteiger partial charge is 0.342 e. The molecule has 224 valence electrons. The van der Waals surface area contributed by atoms with Gasteiger partial charge in [-0.05, 0) is 55.7 Å². The summed E-state index contributed by atoms with van der Waals surface area (Å²) in [6, 6.07) is 11.3. The van der Waals surface area contributed by atoms with E-state index in [4.69, 9.17) is 0 Å². The van der Waals surface area contributed by atoms with Crippen LogP contribution >= 0.6 is 11.8 Å². The standard InChI is InChI=1S/C32H38F2N4O3S/c33-23-10-11-25(26(34)18-23)31-38(20-21-6-2-1-3-7-21)30(40)28(42-31)19-29(39)36-15-13-24(14-16-36)37-17-12-22-8-4-5-9-27(22)35-32(37)41/h4-5,8-11,18,21,24,28,31H,1-3,6-7,12-17,19-20H2,(H,35,41). The third kappa shape index (κ3) is 6.14. The number of para-hydroxylation sites is 1. The molecule has 2 unspecified atom stereocenters. The van der Waals surface area contributed by atoms with E-state index < -0.39 is 22.3 Å². The predicted molar refractivity (Wildman–Crippen MR) is 159 cm³/mol. The van der Waals surface area contributed by atoms with Crippen LogP contribution in [0.2, 0.25) is 0 Å². The Morgan fingerprint density at radius 3 is 2.48 bits per heavy atom. The number of nitrogens with one attached hydrogen (secondary N) is 1. The molecule has 10 heteroatoms. The van der Waals surface area contributed by atoms with E-state index in [1.54, 1.807) is 9.80 Å². The lowest BCUT2D eigenvalue weighted by Crippen LogP contribution is -2.50. The second kappa shape index (κ2) is 12.6. The molecule has 4 aliphatic rings. The van der Waals surface area contributed by atoms with Crippen molar-refractivity contribution in [3.63, 3.8) is 0 Å². The Morgan fingerprint density at radius 2 is 1.71 bits per heavy atom. The highest BCUT2D eigenvalue weighted by molar-refractivity contribution is 8.01. The third-order valence-corrected chi connectivity index (χ3v) is 10.8. The van der Waals surface area contributed by atoms with Crippen LogP contribution in [0.5, 0.6) is 0 Å². The lowest BCUT2D eigenvalue weighted by Gasteiger charge is -2.38. The smallest absolute Gasteiger partial charge is 0.322 e. The molecule has 3 fully saturated rings. The summed E-state index contributed by atoms with van der Waals surface area (Å²) in [7, 11) is 0. The average Bonchev–Trinajstić information content (AvgIpc) is 3.17. The summed E-state index contributed by atoms with van der Waals surface area (Å²) in [5.41, 5.74) is 2.27. The number of likely N-dealkylation sites (tertiary alicyclic amines) is 1. The summed E-state index contributed by atoms with van der Waals surface area (Å²) < 4.78 is 28.6. The van der Waals surface area contributed by atoms with Crippen LogP contribution in [0, 0.1) is 17.6 Å². The lowest BCUT2D eigenvalue weighted by molar-refractivity contribution is -0.137. The van der Waals surface area contributed by atoms with Crippen molar-refractivity contribution in [2.24, 2.45) is 5.92 Å². The van der Waals surface area contributed by atoms with Crippen molar-refractivity contribution >= 4 is 35.3 Å². The number of nitrogens with zero attached hydrogens (tertiary/aromatic N) is 3. The van der Waals surface area contributed by atoms with Gasteiger partial charge in [0.25, 0.3) is 0 Å². The normalized spacial score (nSPS) is 24.0. The van der Waals surface area contributed by atoms with Crippen LogP contribution in [-0.2, 0) is 16.0 Å². The van der Waals surface area contributed by atoms with Gasteiger partial charge in [0.1, 0.15) is 17.0 Å².